The summed E-state index contributed by atoms with van der Waals surface area (Å²) in [5, 5.41) is 0. The number of phosphoric acid groups is 1. The first-order valence-electron chi connectivity index (χ1n) is 7.87. The first-order chi connectivity index (χ1) is 11.4. The molecule has 4 nitrogen and oxygen atoms in total. The first-order valence-corrected chi connectivity index (χ1v) is 9.33. The van der Waals surface area contributed by atoms with Crippen molar-refractivity contribution in [3.63, 3.8) is 0 Å². The van der Waals surface area contributed by atoms with Crippen LogP contribution in [0.2, 0.25) is 0 Å². The predicted molar refractivity (Wildman–Crippen MR) is 79.8 cm³/mol. The maximum atomic E-state index is 13.9. The Morgan fingerprint density at radius 2 is 1.44 bits per heavy atom. The van der Waals surface area contributed by atoms with Crippen molar-refractivity contribution in [2.45, 2.75) is 65.0 Å². The molecule has 0 radical (unpaired) electrons. The molecule has 0 rings (SSSR count). The van der Waals surface area contributed by atoms with E-state index in [1.54, 1.807) is 0 Å². The maximum absolute atomic E-state index is 13.9. The maximum Gasteiger partial charge on any atom is 0.529 e. The van der Waals surface area contributed by atoms with Crippen LogP contribution in [0.4, 0.5) is 26.3 Å². The monoisotopic (exact) mass is 400 g/mol. The molecule has 0 spiro atoms. The van der Waals surface area contributed by atoms with Crippen molar-refractivity contribution in [3.8, 4) is 0 Å². The van der Waals surface area contributed by atoms with Crippen LogP contribution in [0.5, 0.6) is 0 Å². The summed E-state index contributed by atoms with van der Waals surface area (Å²) in [6.07, 6.45) is -4.81. The Balaban J connectivity index is 5.68. The predicted octanol–water partition coefficient (Wildman–Crippen LogP) is 6.53. The third-order valence-corrected chi connectivity index (χ3v) is 4.52. The molecule has 0 fully saturated rings. The van der Waals surface area contributed by atoms with E-state index >= 15 is 0 Å². The highest BCUT2D eigenvalue weighted by Gasteiger charge is 2.62. The zero-order chi connectivity index (χ0) is 19.7. The van der Waals surface area contributed by atoms with E-state index in [-0.39, 0.29) is 19.6 Å². The topological polar surface area (TPSA) is 44.8 Å². The molecule has 0 aromatic heterocycles. The fourth-order valence-corrected chi connectivity index (χ4v) is 3.00. The third-order valence-electron chi connectivity index (χ3n) is 2.93. The lowest BCUT2D eigenvalue weighted by Crippen LogP contribution is -2.37. The lowest BCUT2D eigenvalue weighted by molar-refractivity contribution is -0.271. The van der Waals surface area contributed by atoms with Gasteiger partial charge in [0.25, 0.3) is 0 Å². The fourth-order valence-electron chi connectivity index (χ4n) is 1.75. The van der Waals surface area contributed by atoms with Gasteiger partial charge in [0, 0.05) is 6.42 Å². The van der Waals surface area contributed by atoms with Crippen LogP contribution in [0.25, 0.3) is 0 Å². The van der Waals surface area contributed by atoms with Gasteiger partial charge in [0.2, 0.25) is 5.83 Å². The van der Waals surface area contributed by atoms with E-state index in [9.17, 15) is 30.9 Å². The quantitative estimate of drug-likeness (QED) is 0.162. The normalized spacial score (nSPS) is 14.4. The zero-order valence-electron chi connectivity index (χ0n) is 14.3. The van der Waals surface area contributed by atoms with Gasteiger partial charge in [-0.05, 0) is 20.3 Å². The van der Waals surface area contributed by atoms with Crippen molar-refractivity contribution in [1.29, 1.82) is 0 Å². The molecule has 0 saturated carbocycles. The molecular formula is C14H23F6O4P. The summed E-state index contributed by atoms with van der Waals surface area (Å²) < 4.78 is 104. The van der Waals surface area contributed by atoms with Crippen LogP contribution in [0.3, 0.4) is 0 Å². The number of halogens is 6. The van der Waals surface area contributed by atoms with Gasteiger partial charge >= 0.3 is 19.9 Å². The van der Waals surface area contributed by atoms with Gasteiger partial charge < -0.3 is 4.52 Å². The minimum absolute atomic E-state index is 0.0722. The Morgan fingerprint density at radius 3 is 1.84 bits per heavy atom. The molecule has 11 heteroatoms. The van der Waals surface area contributed by atoms with E-state index in [1.807, 2.05) is 6.92 Å². The summed E-state index contributed by atoms with van der Waals surface area (Å²) in [7, 11) is -4.51. The molecule has 0 amide bonds. The average Bonchev–Trinajstić information content (AvgIpc) is 2.49. The van der Waals surface area contributed by atoms with Crippen molar-refractivity contribution >= 4 is 7.82 Å². The Labute approximate surface area is 143 Å². The number of hydrogen-bond acceptors (Lipinski definition) is 4. The summed E-state index contributed by atoms with van der Waals surface area (Å²) in [5.41, 5.74) is 0. The lowest BCUT2D eigenvalue weighted by atomic mass is 10.1. The van der Waals surface area contributed by atoms with Gasteiger partial charge in [0.05, 0.1) is 13.2 Å². The summed E-state index contributed by atoms with van der Waals surface area (Å²) in [5.74, 6) is -9.98. The molecule has 150 valence electrons. The molecule has 0 saturated heterocycles. The van der Waals surface area contributed by atoms with Gasteiger partial charge in [0.1, 0.15) is 5.76 Å². The van der Waals surface area contributed by atoms with Crippen LogP contribution in [0.15, 0.2) is 11.6 Å². The van der Waals surface area contributed by atoms with Crippen LogP contribution in [0.1, 0.15) is 52.9 Å². The first kappa shape index (κ1) is 24.3. The molecule has 0 heterocycles. The van der Waals surface area contributed by atoms with Gasteiger partial charge in [-0.15, -0.1) is 0 Å². The zero-order valence-corrected chi connectivity index (χ0v) is 15.2. The van der Waals surface area contributed by atoms with Crippen molar-refractivity contribution in [2.24, 2.45) is 0 Å². The van der Waals surface area contributed by atoms with E-state index < -0.39 is 37.9 Å². The number of hydrogen-bond donors (Lipinski definition) is 0. The molecule has 0 aliphatic rings. The van der Waals surface area contributed by atoms with E-state index in [0.717, 1.165) is 6.42 Å². The van der Waals surface area contributed by atoms with E-state index in [2.05, 4.69) is 13.6 Å². The number of allylic oxidation sites excluding steroid dienone is 2. The van der Waals surface area contributed by atoms with Crippen molar-refractivity contribution in [2.75, 3.05) is 13.2 Å². The van der Waals surface area contributed by atoms with Crippen LogP contribution in [-0.4, -0.2) is 25.3 Å². The third kappa shape index (κ3) is 7.58. The van der Waals surface area contributed by atoms with Crippen LogP contribution in [0, 0.1) is 0 Å². The highest BCUT2D eigenvalue weighted by Crippen LogP contribution is 2.54. The Hall–Kier alpha value is -0.730. The average molecular weight is 400 g/mol. The van der Waals surface area contributed by atoms with E-state index in [1.165, 1.54) is 13.8 Å². The van der Waals surface area contributed by atoms with Crippen molar-refractivity contribution in [3.05, 3.63) is 11.6 Å². The fraction of sp³-hybridized carbons (Fsp3) is 0.857. The van der Waals surface area contributed by atoms with Crippen molar-refractivity contribution < 1.29 is 44.5 Å². The number of unbranched alkanes of at least 4 members (excludes halogenated alkanes) is 3. The summed E-state index contributed by atoms with van der Waals surface area (Å²) in [6.45, 7) is 4.13. The Kier molecular flexibility index (Phi) is 10.1. The van der Waals surface area contributed by atoms with E-state index in [4.69, 9.17) is 0 Å². The van der Waals surface area contributed by atoms with E-state index in [0.29, 0.717) is 12.8 Å². The van der Waals surface area contributed by atoms with Gasteiger partial charge in [0.15, 0.2) is 0 Å². The second-order valence-electron chi connectivity index (χ2n) is 4.99. The van der Waals surface area contributed by atoms with Crippen LogP contribution < -0.4 is 0 Å². The molecule has 0 atom stereocenters. The molecule has 0 bridgehead atoms. The molecule has 25 heavy (non-hydrogen) atoms. The largest absolute Gasteiger partial charge is 0.529 e. The summed E-state index contributed by atoms with van der Waals surface area (Å²) in [6, 6.07) is 0. The number of rotatable bonds is 12. The summed E-state index contributed by atoms with van der Waals surface area (Å²) >= 11 is 0. The molecule has 0 unspecified atom stereocenters. The minimum Gasteiger partial charge on any atom is -0.406 e. The molecule has 0 N–H and O–H groups in total. The number of alkyl halides is 5. The van der Waals surface area contributed by atoms with Crippen molar-refractivity contribution in [1.82, 2.24) is 0 Å². The summed E-state index contributed by atoms with van der Waals surface area (Å²) in [4.78, 5) is 0. The van der Waals surface area contributed by atoms with Crippen LogP contribution >= 0.6 is 7.82 Å². The smallest absolute Gasteiger partial charge is 0.406 e. The van der Waals surface area contributed by atoms with Gasteiger partial charge in [-0.2, -0.15) is 22.0 Å². The van der Waals surface area contributed by atoms with Gasteiger partial charge in [-0.1, -0.05) is 26.2 Å². The minimum atomic E-state index is -6.16. The van der Waals surface area contributed by atoms with Gasteiger partial charge in [-0.3, -0.25) is 9.05 Å². The second kappa shape index (κ2) is 10.4. The molecule has 0 aromatic carbocycles. The lowest BCUT2D eigenvalue weighted by Gasteiger charge is -2.23. The second-order valence-corrected chi connectivity index (χ2v) is 6.59. The number of phosphoric ester groups is 1. The Bertz CT molecular complexity index is 468. The molecule has 0 aromatic rings. The highest BCUT2D eigenvalue weighted by molar-refractivity contribution is 7.48. The van der Waals surface area contributed by atoms with Crippen LogP contribution in [-0.2, 0) is 18.1 Å². The highest BCUT2D eigenvalue weighted by atomic mass is 31.2. The van der Waals surface area contributed by atoms with Gasteiger partial charge in [-0.25, -0.2) is 8.96 Å². The molecular weight excluding hydrogens is 377 g/mol. The molecule has 0 aliphatic heterocycles. The Morgan fingerprint density at radius 1 is 0.920 bits per heavy atom. The standard InChI is InChI=1S/C14H23F6O4P/c1-4-7-8-9-10-11(12(15)13(16,17)14(18,19)20)24-25(21,22-5-2)23-6-3/h4-10H2,1-3H3/b12-11-. The SMILES string of the molecule is CCCCCC/C(OP(=O)(OCC)OCC)=C(/F)C(F)(F)C(F)(F)F. The molecule has 0 aliphatic carbocycles.